The molecular weight excluding hydrogens is 350 g/mol. The lowest BCUT2D eigenvalue weighted by molar-refractivity contribution is -0.135. The van der Waals surface area contributed by atoms with E-state index in [-0.39, 0.29) is 10.6 Å². The highest BCUT2D eigenvalue weighted by molar-refractivity contribution is 7.98. The number of methoxy groups -OCH3 is 1. The summed E-state index contributed by atoms with van der Waals surface area (Å²) >= 11 is 1.49. The summed E-state index contributed by atoms with van der Waals surface area (Å²) in [6, 6.07) is 12.5. The van der Waals surface area contributed by atoms with Crippen LogP contribution in [0.3, 0.4) is 0 Å². The topological polar surface area (TPSA) is 83.9 Å². The molecule has 0 aromatic heterocycles. The maximum atomic E-state index is 12.8. The molecular formula is C16H17NO5S2. The minimum atomic E-state index is -3.99. The first-order valence-electron chi connectivity index (χ1n) is 6.91. The number of benzene rings is 2. The third-order valence-corrected chi connectivity index (χ3v) is 5.82. The van der Waals surface area contributed by atoms with Crippen molar-refractivity contribution in [3.63, 3.8) is 0 Å². The van der Waals surface area contributed by atoms with Gasteiger partial charge in [0.1, 0.15) is 12.3 Å². The molecule has 24 heavy (non-hydrogen) atoms. The molecule has 1 N–H and O–H groups in total. The normalized spacial score (nSPS) is 11.1. The summed E-state index contributed by atoms with van der Waals surface area (Å²) in [5, 5.41) is 9.10. The number of sulfonamides is 1. The van der Waals surface area contributed by atoms with Crippen LogP contribution in [0.1, 0.15) is 0 Å². The van der Waals surface area contributed by atoms with Crippen molar-refractivity contribution in [1.82, 2.24) is 0 Å². The molecule has 0 spiro atoms. The summed E-state index contributed by atoms with van der Waals surface area (Å²) < 4.78 is 31.6. The highest BCUT2D eigenvalue weighted by Crippen LogP contribution is 2.26. The molecule has 2 aromatic rings. The Morgan fingerprint density at radius 2 is 1.71 bits per heavy atom. The van der Waals surface area contributed by atoms with E-state index in [4.69, 9.17) is 9.84 Å². The van der Waals surface area contributed by atoms with Crippen LogP contribution < -0.4 is 9.04 Å². The molecule has 0 amide bonds. The maximum Gasteiger partial charge on any atom is 0.324 e. The average Bonchev–Trinajstić information content (AvgIpc) is 2.59. The second-order valence-corrected chi connectivity index (χ2v) is 7.52. The molecule has 0 radical (unpaired) electrons. The Hall–Kier alpha value is -2.19. The molecule has 6 nitrogen and oxygen atoms in total. The summed E-state index contributed by atoms with van der Waals surface area (Å²) in [6.45, 7) is -0.668. The van der Waals surface area contributed by atoms with Gasteiger partial charge in [0, 0.05) is 4.90 Å². The predicted molar refractivity (Wildman–Crippen MR) is 93.4 cm³/mol. The van der Waals surface area contributed by atoms with E-state index in [1.807, 2.05) is 6.26 Å². The molecule has 0 heterocycles. The second-order valence-electron chi connectivity index (χ2n) is 4.78. The van der Waals surface area contributed by atoms with Crippen molar-refractivity contribution >= 4 is 33.4 Å². The van der Waals surface area contributed by atoms with Crippen LogP contribution in [0.4, 0.5) is 5.69 Å². The molecule has 0 fully saturated rings. The van der Waals surface area contributed by atoms with Crippen molar-refractivity contribution in [3.8, 4) is 5.75 Å². The van der Waals surface area contributed by atoms with E-state index in [0.717, 1.165) is 9.20 Å². The van der Waals surface area contributed by atoms with Crippen molar-refractivity contribution in [2.24, 2.45) is 0 Å². The number of carboxylic acids is 1. The van der Waals surface area contributed by atoms with Gasteiger partial charge in [0.15, 0.2) is 0 Å². The zero-order valence-corrected chi connectivity index (χ0v) is 14.8. The fraction of sp³-hybridized carbons (Fsp3) is 0.188. The Morgan fingerprint density at radius 1 is 1.12 bits per heavy atom. The quantitative estimate of drug-likeness (QED) is 0.758. The number of rotatable bonds is 7. The van der Waals surface area contributed by atoms with Gasteiger partial charge in [-0.1, -0.05) is 0 Å². The van der Waals surface area contributed by atoms with Crippen molar-refractivity contribution in [2.45, 2.75) is 9.79 Å². The largest absolute Gasteiger partial charge is 0.497 e. The summed E-state index contributed by atoms with van der Waals surface area (Å²) in [4.78, 5) is 12.1. The van der Waals surface area contributed by atoms with Gasteiger partial charge in [-0.15, -0.1) is 11.8 Å². The molecule has 0 saturated carbocycles. The molecule has 0 atom stereocenters. The van der Waals surface area contributed by atoms with E-state index in [1.165, 1.54) is 43.1 Å². The van der Waals surface area contributed by atoms with E-state index in [1.54, 1.807) is 24.3 Å². The standard InChI is InChI=1S/C16H17NO5S2/c1-22-13-5-3-12(4-6-13)17(11-16(18)19)24(20,21)15-9-7-14(23-2)8-10-15/h3-10H,11H2,1-2H3,(H,18,19). The number of nitrogens with zero attached hydrogens (tertiary/aromatic N) is 1. The fourth-order valence-corrected chi connectivity index (χ4v) is 3.88. The molecule has 0 aliphatic rings. The minimum absolute atomic E-state index is 0.0392. The van der Waals surface area contributed by atoms with Crippen LogP contribution in [0.5, 0.6) is 5.75 Å². The van der Waals surface area contributed by atoms with Crippen molar-refractivity contribution in [3.05, 3.63) is 48.5 Å². The lowest BCUT2D eigenvalue weighted by atomic mass is 10.3. The predicted octanol–water partition coefficient (Wildman–Crippen LogP) is 2.70. The second kappa shape index (κ2) is 7.59. The van der Waals surface area contributed by atoms with E-state index >= 15 is 0 Å². The fourth-order valence-electron chi connectivity index (χ4n) is 2.06. The number of carboxylic acid groups (broad SMARTS) is 1. The van der Waals surface area contributed by atoms with Gasteiger partial charge in [-0.2, -0.15) is 0 Å². The molecule has 2 aromatic carbocycles. The number of hydrogen-bond acceptors (Lipinski definition) is 5. The van der Waals surface area contributed by atoms with E-state index in [0.29, 0.717) is 5.75 Å². The zero-order chi connectivity index (χ0) is 17.7. The average molecular weight is 367 g/mol. The van der Waals surface area contributed by atoms with Crippen LogP contribution in [0.25, 0.3) is 0 Å². The minimum Gasteiger partial charge on any atom is -0.497 e. The lowest BCUT2D eigenvalue weighted by Gasteiger charge is -2.23. The van der Waals surface area contributed by atoms with Crippen LogP contribution in [0.2, 0.25) is 0 Å². The van der Waals surface area contributed by atoms with Crippen LogP contribution in [-0.4, -0.2) is 39.4 Å². The van der Waals surface area contributed by atoms with Gasteiger partial charge in [0.05, 0.1) is 17.7 Å². The number of hydrogen-bond donors (Lipinski definition) is 1. The van der Waals surface area contributed by atoms with Gasteiger partial charge >= 0.3 is 5.97 Å². The first-order valence-corrected chi connectivity index (χ1v) is 9.57. The van der Waals surface area contributed by atoms with Crippen molar-refractivity contribution in [2.75, 3.05) is 24.2 Å². The molecule has 0 aliphatic heterocycles. The monoisotopic (exact) mass is 367 g/mol. The molecule has 0 aliphatic carbocycles. The Morgan fingerprint density at radius 3 is 2.17 bits per heavy atom. The van der Waals surface area contributed by atoms with Gasteiger partial charge in [-0.3, -0.25) is 9.10 Å². The van der Waals surface area contributed by atoms with Gasteiger partial charge in [0.2, 0.25) is 0 Å². The highest BCUT2D eigenvalue weighted by atomic mass is 32.2. The summed E-state index contributed by atoms with van der Waals surface area (Å²) in [5.74, 6) is -0.689. The number of thioether (sulfide) groups is 1. The third kappa shape index (κ3) is 4.01. The van der Waals surface area contributed by atoms with Crippen LogP contribution in [-0.2, 0) is 14.8 Å². The summed E-state index contributed by atoms with van der Waals surface area (Å²) in [5.41, 5.74) is 0.257. The van der Waals surface area contributed by atoms with E-state index < -0.39 is 22.5 Å². The molecule has 0 bridgehead atoms. The SMILES string of the molecule is COc1ccc(N(CC(=O)O)S(=O)(=O)c2ccc(SC)cc2)cc1. The van der Waals surface area contributed by atoms with Gasteiger partial charge < -0.3 is 9.84 Å². The zero-order valence-electron chi connectivity index (χ0n) is 13.2. The highest BCUT2D eigenvalue weighted by Gasteiger charge is 2.27. The molecule has 8 heteroatoms. The summed E-state index contributed by atoms with van der Waals surface area (Å²) in [6.07, 6.45) is 1.89. The lowest BCUT2D eigenvalue weighted by Crippen LogP contribution is -2.35. The van der Waals surface area contributed by atoms with Gasteiger partial charge in [-0.25, -0.2) is 8.42 Å². The number of ether oxygens (including phenoxy) is 1. The molecule has 2 rings (SSSR count). The maximum absolute atomic E-state index is 12.8. The first kappa shape index (κ1) is 18.2. The smallest absolute Gasteiger partial charge is 0.324 e. The molecule has 0 unspecified atom stereocenters. The Labute approximate surface area is 145 Å². The van der Waals surface area contributed by atoms with E-state index in [9.17, 15) is 13.2 Å². The Balaban J connectivity index is 2.45. The van der Waals surface area contributed by atoms with Crippen LogP contribution in [0.15, 0.2) is 58.3 Å². The third-order valence-electron chi connectivity index (χ3n) is 3.29. The Kier molecular flexibility index (Phi) is 5.74. The van der Waals surface area contributed by atoms with Crippen molar-refractivity contribution in [1.29, 1.82) is 0 Å². The molecule has 128 valence electrons. The van der Waals surface area contributed by atoms with Crippen molar-refractivity contribution < 1.29 is 23.1 Å². The summed E-state index contributed by atoms with van der Waals surface area (Å²) in [7, 11) is -2.50. The number of anilines is 1. The first-order chi connectivity index (χ1) is 11.4. The van der Waals surface area contributed by atoms with Gasteiger partial charge in [-0.05, 0) is 54.8 Å². The number of carbonyl (C=O) groups is 1. The van der Waals surface area contributed by atoms with Crippen LogP contribution >= 0.6 is 11.8 Å². The number of aliphatic carboxylic acids is 1. The molecule has 0 saturated heterocycles. The van der Waals surface area contributed by atoms with Crippen LogP contribution in [0, 0.1) is 0 Å². The van der Waals surface area contributed by atoms with Gasteiger partial charge in [0.25, 0.3) is 10.0 Å². The Bertz CT molecular complexity index is 801. The van der Waals surface area contributed by atoms with E-state index in [2.05, 4.69) is 0 Å².